The van der Waals surface area contributed by atoms with Crippen LogP contribution in [0.4, 0.5) is 8.78 Å². The van der Waals surface area contributed by atoms with Gasteiger partial charge in [-0.2, -0.15) is 0 Å². The van der Waals surface area contributed by atoms with E-state index in [9.17, 15) is 8.78 Å². The molecular formula is C11H10BrF2N3. The van der Waals surface area contributed by atoms with Crippen molar-refractivity contribution >= 4 is 15.9 Å². The van der Waals surface area contributed by atoms with Crippen LogP contribution >= 0.6 is 15.9 Å². The van der Waals surface area contributed by atoms with Crippen molar-refractivity contribution in [3.05, 3.63) is 47.0 Å². The van der Waals surface area contributed by atoms with Gasteiger partial charge in [0.05, 0.1) is 5.33 Å². The summed E-state index contributed by atoms with van der Waals surface area (Å²) in [6.45, 7) is 0. The topological polar surface area (TPSA) is 30.7 Å². The molecule has 0 amide bonds. The second kappa shape index (κ2) is 4.91. The van der Waals surface area contributed by atoms with Crippen molar-refractivity contribution in [3.63, 3.8) is 0 Å². The van der Waals surface area contributed by atoms with Gasteiger partial charge in [-0.25, -0.2) is 8.78 Å². The standard InChI is InChI=1S/C11H10BrF2N3/c1-17-10(15-16-11(17)6-12)4-7-2-3-8(13)5-9(7)14/h2-3,5H,4,6H2,1H3. The normalized spacial score (nSPS) is 10.8. The Morgan fingerprint density at radius 1 is 1.24 bits per heavy atom. The van der Waals surface area contributed by atoms with E-state index in [1.165, 1.54) is 12.1 Å². The van der Waals surface area contributed by atoms with Gasteiger partial charge in [0, 0.05) is 19.5 Å². The molecule has 17 heavy (non-hydrogen) atoms. The number of benzene rings is 1. The van der Waals surface area contributed by atoms with E-state index in [1.807, 2.05) is 7.05 Å². The lowest BCUT2D eigenvalue weighted by molar-refractivity contribution is 0.572. The average Bonchev–Trinajstić information content (AvgIpc) is 2.64. The number of nitrogens with zero attached hydrogens (tertiary/aromatic N) is 3. The molecule has 0 atom stereocenters. The van der Waals surface area contributed by atoms with E-state index in [0.29, 0.717) is 23.1 Å². The first-order valence-electron chi connectivity index (χ1n) is 4.99. The van der Waals surface area contributed by atoms with E-state index in [-0.39, 0.29) is 0 Å². The molecule has 0 saturated carbocycles. The van der Waals surface area contributed by atoms with Gasteiger partial charge in [-0.15, -0.1) is 10.2 Å². The van der Waals surface area contributed by atoms with Gasteiger partial charge in [-0.1, -0.05) is 22.0 Å². The Hall–Kier alpha value is -1.30. The number of hydrogen-bond donors (Lipinski definition) is 0. The van der Waals surface area contributed by atoms with Crippen LogP contribution in [0, 0.1) is 11.6 Å². The van der Waals surface area contributed by atoms with Crippen molar-refractivity contribution < 1.29 is 8.78 Å². The molecule has 1 aromatic carbocycles. The van der Waals surface area contributed by atoms with Gasteiger partial charge in [0.2, 0.25) is 0 Å². The summed E-state index contributed by atoms with van der Waals surface area (Å²) in [4.78, 5) is 0. The van der Waals surface area contributed by atoms with E-state index in [4.69, 9.17) is 0 Å². The van der Waals surface area contributed by atoms with E-state index in [2.05, 4.69) is 26.1 Å². The lowest BCUT2D eigenvalue weighted by Gasteiger charge is -2.04. The Kier molecular flexibility index (Phi) is 3.51. The van der Waals surface area contributed by atoms with Crippen LogP contribution in [0.2, 0.25) is 0 Å². The number of aromatic nitrogens is 3. The van der Waals surface area contributed by atoms with Gasteiger partial charge in [-0.3, -0.25) is 0 Å². The smallest absolute Gasteiger partial charge is 0.143 e. The molecule has 0 aliphatic carbocycles. The van der Waals surface area contributed by atoms with Crippen LogP contribution in [-0.4, -0.2) is 14.8 Å². The van der Waals surface area contributed by atoms with Crippen molar-refractivity contribution in [3.8, 4) is 0 Å². The summed E-state index contributed by atoms with van der Waals surface area (Å²) in [6.07, 6.45) is 0.294. The molecule has 0 unspecified atom stereocenters. The molecule has 1 aromatic heterocycles. The first kappa shape index (κ1) is 12.2. The highest BCUT2D eigenvalue weighted by molar-refractivity contribution is 9.08. The maximum absolute atomic E-state index is 13.4. The first-order valence-corrected chi connectivity index (χ1v) is 6.11. The molecule has 0 radical (unpaired) electrons. The van der Waals surface area contributed by atoms with Crippen LogP contribution in [0.5, 0.6) is 0 Å². The lowest BCUT2D eigenvalue weighted by atomic mass is 10.1. The lowest BCUT2D eigenvalue weighted by Crippen LogP contribution is -2.03. The third kappa shape index (κ3) is 2.52. The maximum atomic E-state index is 13.4. The molecular weight excluding hydrogens is 292 g/mol. The number of hydrogen-bond acceptors (Lipinski definition) is 2. The van der Waals surface area contributed by atoms with Crippen molar-refractivity contribution in [2.24, 2.45) is 7.05 Å². The van der Waals surface area contributed by atoms with Crippen LogP contribution in [0.25, 0.3) is 0 Å². The van der Waals surface area contributed by atoms with Gasteiger partial charge in [-0.05, 0) is 11.6 Å². The third-order valence-corrected chi connectivity index (χ3v) is 3.04. The van der Waals surface area contributed by atoms with Gasteiger partial charge < -0.3 is 4.57 Å². The summed E-state index contributed by atoms with van der Waals surface area (Å²) in [7, 11) is 1.81. The number of rotatable bonds is 3. The van der Waals surface area contributed by atoms with Crippen molar-refractivity contribution in [2.75, 3.05) is 0 Å². The monoisotopic (exact) mass is 301 g/mol. The fourth-order valence-electron chi connectivity index (χ4n) is 1.50. The predicted molar refractivity (Wildman–Crippen MR) is 62.8 cm³/mol. The molecule has 1 heterocycles. The minimum atomic E-state index is -0.578. The van der Waals surface area contributed by atoms with E-state index in [1.54, 1.807) is 4.57 Å². The molecule has 0 bridgehead atoms. The summed E-state index contributed by atoms with van der Waals surface area (Å²) >= 11 is 3.28. The summed E-state index contributed by atoms with van der Waals surface area (Å²) in [5.74, 6) is 0.270. The Labute approximate surface area is 106 Å². The molecule has 0 aliphatic heterocycles. The molecule has 0 saturated heterocycles. The molecule has 0 N–H and O–H groups in total. The van der Waals surface area contributed by atoms with E-state index >= 15 is 0 Å². The fourth-order valence-corrected chi connectivity index (χ4v) is 1.99. The number of halogens is 3. The first-order chi connectivity index (χ1) is 8.11. The van der Waals surface area contributed by atoms with Crippen molar-refractivity contribution in [1.29, 1.82) is 0 Å². The summed E-state index contributed by atoms with van der Waals surface area (Å²) in [5.41, 5.74) is 0.406. The highest BCUT2D eigenvalue weighted by Crippen LogP contribution is 2.14. The fraction of sp³-hybridized carbons (Fsp3) is 0.273. The molecule has 0 fully saturated rings. The molecule has 2 aromatic rings. The maximum Gasteiger partial charge on any atom is 0.143 e. The molecule has 2 rings (SSSR count). The second-order valence-corrected chi connectivity index (χ2v) is 4.20. The number of alkyl halides is 1. The van der Waals surface area contributed by atoms with Gasteiger partial charge in [0.15, 0.2) is 0 Å². The molecule has 0 spiro atoms. The van der Waals surface area contributed by atoms with Gasteiger partial charge >= 0.3 is 0 Å². The van der Waals surface area contributed by atoms with Crippen LogP contribution in [0.15, 0.2) is 18.2 Å². The zero-order valence-corrected chi connectivity index (χ0v) is 10.7. The summed E-state index contributed by atoms with van der Waals surface area (Å²) in [6, 6.07) is 3.53. The molecule has 90 valence electrons. The second-order valence-electron chi connectivity index (χ2n) is 3.64. The van der Waals surface area contributed by atoms with Crippen molar-refractivity contribution in [2.45, 2.75) is 11.8 Å². The largest absolute Gasteiger partial charge is 0.317 e. The van der Waals surface area contributed by atoms with Crippen LogP contribution in [0.3, 0.4) is 0 Å². The summed E-state index contributed by atoms with van der Waals surface area (Å²) in [5, 5.41) is 8.50. The van der Waals surface area contributed by atoms with Gasteiger partial charge in [0.1, 0.15) is 23.3 Å². The molecule has 3 nitrogen and oxygen atoms in total. The van der Waals surface area contributed by atoms with E-state index in [0.717, 1.165) is 11.9 Å². The molecule has 0 aliphatic rings. The average molecular weight is 302 g/mol. The minimum absolute atomic E-state index is 0.294. The molecule has 6 heteroatoms. The predicted octanol–water partition coefficient (Wildman–Crippen LogP) is 2.58. The highest BCUT2D eigenvalue weighted by atomic mass is 79.9. The Balaban J connectivity index is 2.28. The Bertz CT molecular complexity index is 540. The van der Waals surface area contributed by atoms with Crippen LogP contribution in [0.1, 0.15) is 17.2 Å². The Morgan fingerprint density at radius 3 is 2.53 bits per heavy atom. The third-order valence-electron chi connectivity index (χ3n) is 2.54. The van der Waals surface area contributed by atoms with Crippen molar-refractivity contribution in [1.82, 2.24) is 14.8 Å². The van der Waals surface area contributed by atoms with E-state index < -0.39 is 11.6 Å². The van der Waals surface area contributed by atoms with Crippen LogP contribution in [-0.2, 0) is 18.8 Å². The highest BCUT2D eigenvalue weighted by Gasteiger charge is 2.11. The zero-order chi connectivity index (χ0) is 12.4. The van der Waals surface area contributed by atoms with Gasteiger partial charge in [0.25, 0.3) is 0 Å². The summed E-state index contributed by atoms with van der Waals surface area (Å²) < 4.78 is 28.0. The quantitative estimate of drug-likeness (QED) is 0.816. The Morgan fingerprint density at radius 2 is 1.94 bits per heavy atom. The van der Waals surface area contributed by atoms with Crippen LogP contribution < -0.4 is 0 Å². The SMILES string of the molecule is Cn1c(CBr)nnc1Cc1ccc(F)cc1F. The zero-order valence-electron chi connectivity index (χ0n) is 9.12. The minimum Gasteiger partial charge on any atom is -0.317 e.